The molecule has 1 amide bonds. The van der Waals surface area contributed by atoms with Crippen molar-refractivity contribution in [2.45, 2.75) is 13.3 Å². The molecule has 0 radical (unpaired) electrons. The molecule has 1 aromatic carbocycles. The fourth-order valence-electron chi connectivity index (χ4n) is 2.94. The number of nitrogens with zero attached hydrogens (tertiary/aromatic N) is 1. The van der Waals surface area contributed by atoms with E-state index in [2.05, 4.69) is 5.32 Å². The number of hydrogen-bond acceptors (Lipinski definition) is 4. The van der Waals surface area contributed by atoms with Crippen LogP contribution in [0.1, 0.15) is 23.8 Å². The van der Waals surface area contributed by atoms with Crippen molar-refractivity contribution in [3.05, 3.63) is 60.4 Å². The zero-order valence-electron chi connectivity index (χ0n) is 15.1. The van der Waals surface area contributed by atoms with E-state index in [4.69, 9.17) is 9.84 Å². The number of benzene rings is 1. The third kappa shape index (κ3) is 4.01. The monoisotopic (exact) mass is 366 g/mol. The first-order valence-electron chi connectivity index (χ1n) is 8.92. The van der Waals surface area contributed by atoms with Gasteiger partial charge in [-0.25, -0.2) is 0 Å². The number of aliphatic hydroxyl groups excluding tert-OH is 1. The van der Waals surface area contributed by atoms with E-state index in [0.29, 0.717) is 24.3 Å². The largest absolute Gasteiger partial charge is 0.494 e. The Bertz CT molecular complexity index is 944. The Morgan fingerprint density at radius 2 is 1.93 bits per heavy atom. The summed E-state index contributed by atoms with van der Waals surface area (Å²) in [6.45, 7) is 2.70. The molecule has 0 atom stereocenters. The number of fused-ring (bicyclic) bond motifs is 1. The number of carbonyl (C=O) groups excluding carboxylic acids is 2. The molecule has 2 heterocycles. The van der Waals surface area contributed by atoms with E-state index in [1.165, 1.54) is 0 Å². The summed E-state index contributed by atoms with van der Waals surface area (Å²) in [5.41, 5.74) is 2.66. The predicted octanol–water partition coefficient (Wildman–Crippen LogP) is 2.69. The van der Waals surface area contributed by atoms with Gasteiger partial charge in [0.1, 0.15) is 11.4 Å². The van der Waals surface area contributed by atoms with Crippen LogP contribution in [0.5, 0.6) is 5.75 Å². The normalized spacial score (nSPS) is 10.7. The van der Waals surface area contributed by atoms with Crippen LogP contribution in [0.15, 0.2) is 54.7 Å². The van der Waals surface area contributed by atoms with E-state index in [1.54, 1.807) is 10.6 Å². The standard InChI is InChI=1S/C21H22N2O4/c1-2-27-17-9-7-15(8-10-17)18-14-16-6-3-4-12-23(16)19(18)20(25)21(26)22-11-5-13-24/h3-4,6-10,12,14,24H,2,5,11,13H2,1H3,(H,22,26). The van der Waals surface area contributed by atoms with Gasteiger partial charge in [-0.05, 0) is 49.2 Å². The number of aliphatic hydroxyl groups is 1. The Labute approximate surface area is 157 Å². The fraction of sp³-hybridized carbons (Fsp3) is 0.238. The van der Waals surface area contributed by atoms with Gasteiger partial charge in [0.05, 0.1) is 6.61 Å². The molecule has 140 valence electrons. The Hall–Kier alpha value is -3.12. The lowest BCUT2D eigenvalue weighted by molar-refractivity contribution is -0.117. The lowest BCUT2D eigenvalue weighted by Gasteiger charge is -2.08. The van der Waals surface area contributed by atoms with E-state index in [0.717, 1.165) is 16.8 Å². The van der Waals surface area contributed by atoms with Crippen LogP contribution in [-0.4, -0.2) is 41.0 Å². The third-order valence-corrected chi connectivity index (χ3v) is 4.20. The van der Waals surface area contributed by atoms with Crippen LogP contribution in [0.3, 0.4) is 0 Å². The molecule has 27 heavy (non-hydrogen) atoms. The van der Waals surface area contributed by atoms with Gasteiger partial charge in [0.25, 0.3) is 11.7 Å². The van der Waals surface area contributed by atoms with Crippen molar-refractivity contribution in [1.82, 2.24) is 9.72 Å². The maximum atomic E-state index is 12.9. The highest BCUT2D eigenvalue weighted by Gasteiger charge is 2.24. The fourth-order valence-corrected chi connectivity index (χ4v) is 2.94. The molecule has 0 unspecified atom stereocenters. The summed E-state index contributed by atoms with van der Waals surface area (Å²) in [7, 11) is 0. The van der Waals surface area contributed by atoms with Crippen LogP contribution in [-0.2, 0) is 4.79 Å². The van der Waals surface area contributed by atoms with Gasteiger partial charge in [-0.2, -0.15) is 0 Å². The Morgan fingerprint density at radius 1 is 1.15 bits per heavy atom. The molecule has 0 saturated heterocycles. The summed E-state index contributed by atoms with van der Waals surface area (Å²) in [6.07, 6.45) is 2.17. The van der Waals surface area contributed by atoms with Crippen molar-refractivity contribution < 1.29 is 19.4 Å². The summed E-state index contributed by atoms with van der Waals surface area (Å²) in [4.78, 5) is 25.2. The van der Waals surface area contributed by atoms with E-state index in [-0.39, 0.29) is 13.2 Å². The maximum Gasteiger partial charge on any atom is 0.294 e. The lowest BCUT2D eigenvalue weighted by atomic mass is 10.0. The summed E-state index contributed by atoms with van der Waals surface area (Å²) in [5.74, 6) is -0.540. The van der Waals surface area contributed by atoms with E-state index >= 15 is 0 Å². The first-order chi connectivity index (χ1) is 13.2. The number of ketones is 1. The average Bonchev–Trinajstić information content (AvgIpc) is 3.08. The van der Waals surface area contributed by atoms with E-state index in [1.807, 2.05) is 55.5 Å². The van der Waals surface area contributed by atoms with Crippen molar-refractivity contribution >= 4 is 17.2 Å². The maximum absolute atomic E-state index is 12.9. The number of aromatic nitrogens is 1. The number of Topliss-reactive ketones (excluding diaryl/α,β-unsaturated/α-hetero) is 1. The van der Waals surface area contributed by atoms with Gasteiger partial charge in [0, 0.05) is 30.4 Å². The van der Waals surface area contributed by atoms with Gasteiger partial charge in [0.2, 0.25) is 0 Å². The molecule has 0 aliphatic carbocycles. The van der Waals surface area contributed by atoms with Crippen molar-refractivity contribution in [1.29, 1.82) is 0 Å². The van der Waals surface area contributed by atoms with Crippen LogP contribution in [0.4, 0.5) is 0 Å². The molecule has 6 heteroatoms. The van der Waals surface area contributed by atoms with Crippen LogP contribution in [0.2, 0.25) is 0 Å². The highest BCUT2D eigenvalue weighted by atomic mass is 16.5. The minimum Gasteiger partial charge on any atom is -0.494 e. The van der Waals surface area contributed by atoms with E-state index in [9.17, 15) is 9.59 Å². The lowest BCUT2D eigenvalue weighted by Crippen LogP contribution is -2.33. The van der Waals surface area contributed by atoms with Crippen molar-refractivity contribution in [2.75, 3.05) is 19.8 Å². The van der Waals surface area contributed by atoms with Crippen molar-refractivity contribution in [2.24, 2.45) is 0 Å². The quantitative estimate of drug-likeness (QED) is 0.365. The number of amides is 1. The summed E-state index contributed by atoms with van der Waals surface area (Å²) in [5, 5.41) is 11.4. The molecule has 2 N–H and O–H groups in total. The first-order valence-corrected chi connectivity index (χ1v) is 8.92. The molecular weight excluding hydrogens is 344 g/mol. The Kier molecular flexibility index (Phi) is 5.88. The number of rotatable bonds is 8. The second kappa shape index (κ2) is 8.51. The van der Waals surface area contributed by atoms with Crippen molar-refractivity contribution in [3.8, 4) is 16.9 Å². The molecule has 0 fully saturated rings. The molecule has 0 aliphatic rings. The molecule has 6 nitrogen and oxygen atoms in total. The molecule has 0 aliphatic heterocycles. The minimum atomic E-state index is -0.681. The van der Waals surface area contributed by atoms with Crippen LogP contribution in [0, 0.1) is 0 Å². The first kappa shape index (κ1) is 18.7. The number of nitrogens with one attached hydrogen (secondary N) is 1. The second-order valence-electron chi connectivity index (χ2n) is 6.02. The van der Waals surface area contributed by atoms with Gasteiger partial charge < -0.3 is 19.6 Å². The average molecular weight is 366 g/mol. The summed E-state index contributed by atoms with van der Waals surface area (Å²) < 4.78 is 7.19. The van der Waals surface area contributed by atoms with Crippen molar-refractivity contribution in [3.63, 3.8) is 0 Å². The molecule has 0 saturated carbocycles. The molecule has 3 aromatic rings. The van der Waals surface area contributed by atoms with Gasteiger partial charge in [-0.3, -0.25) is 9.59 Å². The smallest absolute Gasteiger partial charge is 0.294 e. The predicted molar refractivity (Wildman–Crippen MR) is 103 cm³/mol. The van der Waals surface area contributed by atoms with Gasteiger partial charge >= 0.3 is 0 Å². The number of hydrogen-bond donors (Lipinski definition) is 2. The zero-order chi connectivity index (χ0) is 19.2. The third-order valence-electron chi connectivity index (χ3n) is 4.20. The highest BCUT2D eigenvalue weighted by Crippen LogP contribution is 2.29. The zero-order valence-corrected chi connectivity index (χ0v) is 15.1. The van der Waals surface area contributed by atoms with Crippen LogP contribution < -0.4 is 10.1 Å². The number of ether oxygens (including phenoxy) is 1. The van der Waals surface area contributed by atoms with Crippen LogP contribution in [0.25, 0.3) is 16.6 Å². The van der Waals surface area contributed by atoms with Gasteiger partial charge in [-0.15, -0.1) is 0 Å². The molecule has 0 bridgehead atoms. The SMILES string of the molecule is CCOc1ccc(-c2cc3ccccn3c2C(=O)C(=O)NCCCO)cc1. The Morgan fingerprint density at radius 3 is 2.63 bits per heavy atom. The summed E-state index contributed by atoms with van der Waals surface area (Å²) in [6, 6.07) is 14.9. The Balaban J connectivity index is 2.01. The topological polar surface area (TPSA) is 80.0 Å². The molecular formula is C21H22N2O4. The van der Waals surface area contributed by atoms with Crippen LogP contribution >= 0.6 is 0 Å². The molecule has 0 spiro atoms. The van der Waals surface area contributed by atoms with E-state index < -0.39 is 11.7 Å². The van der Waals surface area contributed by atoms with Gasteiger partial charge in [0.15, 0.2) is 0 Å². The second-order valence-corrected chi connectivity index (χ2v) is 6.02. The molecule has 2 aromatic heterocycles. The number of carbonyl (C=O) groups is 2. The minimum absolute atomic E-state index is 0.0417. The van der Waals surface area contributed by atoms with Gasteiger partial charge in [-0.1, -0.05) is 18.2 Å². The highest BCUT2D eigenvalue weighted by molar-refractivity contribution is 6.43. The number of pyridine rings is 1. The summed E-state index contributed by atoms with van der Waals surface area (Å²) >= 11 is 0. The molecule has 3 rings (SSSR count).